The van der Waals surface area contributed by atoms with E-state index in [1.54, 1.807) is 0 Å². The maximum atomic E-state index is 12.6. The van der Waals surface area contributed by atoms with Crippen molar-refractivity contribution in [1.82, 2.24) is 4.90 Å². The fourth-order valence-electron chi connectivity index (χ4n) is 2.40. The Bertz CT molecular complexity index is 359. The topological polar surface area (TPSA) is 20.3 Å². The third kappa shape index (κ3) is 3.67. The summed E-state index contributed by atoms with van der Waals surface area (Å²) in [7, 11) is 0. The molecule has 1 unspecified atom stereocenters. The second-order valence-electron chi connectivity index (χ2n) is 4.99. The van der Waals surface area contributed by atoms with Crippen molar-refractivity contribution in [3.05, 3.63) is 35.9 Å². The second-order valence-corrected chi connectivity index (χ2v) is 4.99. The van der Waals surface area contributed by atoms with Gasteiger partial charge >= 0.3 is 0 Å². The lowest BCUT2D eigenvalue weighted by atomic mass is 9.99. The van der Waals surface area contributed by atoms with Crippen molar-refractivity contribution in [3.63, 3.8) is 0 Å². The predicted molar refractivity (Wildman–Crippen MR) is 77.0 cm³/mol. The Morgan fingerprint density at radius 1 is 1.17 bits per heavy atom. The second kappa shape index (κ2) is 7.32. The normalized spacial score (nSPS) is 13.0. The molecule has 100 valence electrons. The van der Waals surface area contributed by atoms with Crippen LogP contribution in [-0.4, -0.2) is 29.3 Å². The highest BCUT2D eigenvalue weighted by atomic mass is 16.1. The molecule has 0 heterocycles. The van der Waals surface area contributed by atoms with Gasteiger partial charge in [0.05, 0.1) is 6.04 Å². The molecule has 0 bridgehead atoms. The van der Waals surface area contributed by atoms with Gasteiger partial charge in [-0.3, -0.25) is 9.69 Å². The number of carbonyl (C=O) groups is 1. The number of hydrogen-bond donors (Lipinski definition) is 0. The first-order chi connectivity index (χ1) is 8.61. The third-order valence-electron chi connectivity index (χ3n) is 3.29. The highest BCUT2D eigenvalue weighted by Gasteiger charge is 2.26. The van der Waals surface area contributed by atoms with Crippen LogP contribution in [0.4, 0.5) is 0 Å². The van der Waals surface area contributed by atoms with Crippen molar-refractivity contribution >= 4 is 5.78 Å². The molecule has 0 aliphatic carbocycles. The standard InChI is InChI=1S/C16H25NO/c1-5-12-17(13(3)4)15(6-2)16(18)14-10-8-7-9-11-14/h7-11,13,15H,5-6,12H2,1-4H3. The summed E-state index contributed by atoms with van der Waals surface area (Å²) in [6.45, 7) is 9.56. The molecule has 0 fully saturated rings. The minimum absolute atomic E-state index is 0.00681. The van der Waals surface area contributed by atoms with Crippen LogP contribution in [0.1, 0.15) is 50.9 Å². The van der Waals surface area contributed by atoms with Gasteiger partial charge in [0.15, 0.2) is 5.78 Å². The van der Waals surface area contributed by atoms with Crippen LogP contribution in [0.5, 0.6) is 0 Å². The monoisotopic (exact) mass is 247 g/mol. The van der Waals surface area contributed by atoms with Crippen LogP contribution in [0.2, 0.25) is 0 Å². The van der Waals surface area contributed by atoms with Crippen molar-refractivity contribution in [2.75, 3.05) is 6.54 Å². The Kier molecular flexibility index (Phi) is 6.06. The number of Topliss-reactive ketones (excluding diaryl/α,β-unsaturated/α-hetero) is 1. The first kappa shape index (κ1) is 14.9. The Hall–Kier alpha value is -1.15. The first-order valence-corrected chi connectivity index (χ1v) is 6.96. The molecule has 2 heteroatoms. The van der Waals surface area contributed by atoms with E-state index in [-0.39, 0.29) is 11.8 Å². The van der Waals surface area contributed by atoms with Gasteiger partial charge < -0.3 is 0 Å². The van der Waals surface area contributed by atoms with E-state index in [4.69, 9.17) is 0 Å². The molecular formula is C16H25NO. The zero-order chi connectivity index (χ0) is 13.5. The highest BCUT2D eigenvalue weighted by Crippen LogP contribution is 2.15. The van der Waals surface area contributed by atoms with E-state index in [1.807, 2.05) is 30.3 Å². The Morgan fingerprint density at radius 3 is 2.22 bits per heavy atom. The SMILES string of the molecule is CCCN(C(C)C)C(CC)C(=O)c1ccccc1. The number of rotatable bonds is 7. The van der Waals surface area contributed by atoms with E-state index < -0.39 is 0 Å². The van der Waals surface area contributed by atoms with Crippen LogP contribution in [0.25, 0.3) is 0 Å². The number of nitrogens with zero attached hydrogens (tertiary/aromatic N) is 1. The molecule has 1 atom stereocenters. The predicted octanol–water partition coefficient (Wildman–Crippen LogP) is 3.77. The lowest BCUT2D eigenvalue weighted by Crippen LogP contribution is -2.45. The van der Waals surface area contributed by atoms with Crippen LogP contribution in [0.15, 0.2) is 30.3 Å². The van der Waals surface area contributed by atoms with Crippen molar-refractivity contribution in [1.29, 1.82) is 0 Å². The minimum atomic E-state index is 0.00681. The van der Waals surface area contributed by atoms with Gasteiger partial charge in [0.1, 0.15) is 0 Å². The zero-order valence-electron chi connectivity index (χ0n) is 12.0. The largest absolute Gasteiger partial charge is 0.292 e. The minimum Gasteiger partial charge on any atom is -0.292 e. The molecule has 0 aliphatic rings. The number of ketones is 1. The van der Waals surface area contributed by atoms with E-state index in [1.165, 1.54) is 0 Å². The summed E-state index contributed by atoms with van der Waals surface area (Å²) >= 11 is 0. The average molecular weight is 247 g/mol. The van der Waals surface area contributed by atoms with Gasteiger partial charge in [-0.15, -0.1) is 0 Å². The summed E-state index contributed by atoms with van der Waals surface area (Å²) in [5, 5.41) is 0. The number of hydrogen-bond acceptors (Lipinski definition) is 2. The molecule has 0 N–H and O–H groups in total. The van der Waals surface area contributed by atoms with Gasteiger partial charge in [-0.2, -0.15) is 0 Å². The van der Waals surface area contributed by atoms with Gasteiger partial charge in [-0.05, 0) is 33.2 Å². The molecular weight excluding hydrogens is 222 g/mol. The van der Waals surface area contributed by atoms with Gasteiger partial charge in [-0.25, -0.2) is 0 Å². The smallest absolute Gasteiger partial charge is 0.179 e. The first-order valence-electron chi connectivity index (χ1n) is 6.96. The molecule has 0 aliphatic heterocycles. The van der Waals surface area contributed by atoms with E-state index in [0.29, 0.717) is 6.04 Å². The summed E-state index contributed by atoms with van der Waals surface area (Å²) in [6.07, 6.45) is 1.95. The van der Waals surface area contributed by atoms with Crippen LogP contribution in [-0.2, 0) is 0 Å². The Labute approximate surface area is 111 Å². The summed E-state index contributed by atoms with van der Waals surface area (Å²) in [6, 6.07) is 10.0. The molecule has 0 aromatic heterocycles. The summed E-state index contributed by atoms with van der Waals surface area (Å²) in [4.78, 5) is 14.9. The summed E-state index contributed by atoms with van der Waals surface area (Å²) in [5.74, 6) is 0.250. The lowest BCUT2D eigenvalue weighted by molar-refractivity contribution is 0.0754. The zero-order valence-corrected chi connectivity index (χ0v) is 12.0. The Balaban J connectivity index is 2.91. The van der Waals surface area contributed by atoms with Gasteiger partial charge in [0, 0.05) is 11.6 Å². The maximum absolute atomic E-state index is 12.6. The molecule has 0 radical (unpaired) electrons. The summed E-state index contributed by atoms with van der Waals surface area (Å²) < 4.78 is 0. The van der Waals surface area contributed by atoms with Crippen LogP contribution in [0, 0.1) is 0 Å². The molecule has 1 aromatic rings. The van der Waals surface area contributed by atoms with Gasteiger partial charge in [-0.1, -0.05) is 44.2 Å². The number of benzene rings is 1. The van der Waals surface area contributed by atoms with Gasteiger partial charge in [0.2, 0.25) is 0 Å². The van der Waals surface area contributed by atoms with Crippen LogP contribution < -0.4 is 0 Å². The van der Waals surface area contributed by atoms with E-state index >= 15 is 0 Å². The molecule has 0 spiro atoms. The molecule has 0 saturated carbocycles. The maximum Gasteiger partial charge on any atom is 0.179 e. The van der Waals surface area contributed by atoms with Crippen molar-refractivity contribution in [2.24, 2.45) is 0 Å². The molecule has 0 amide bonds. The molecule has 0 saturated heterocycles. The fourth-order valence-corrected chi connectivity index (χ4v) is 2.40. The van der Waals surface area contributed by atoms with Crippen molar-refractivity contribution < 1.29 is 4.79 Å². The third-order valence-corrected chi connectivity index (χ3v) is 3.29. The van der Waals surface area contributed by atoms with Gasteiger partial charge in [0.25, 0.3) is 0 Å². The van der Waals surface area contributed by atoms with Crippen LogP contribution in [0.3, 0.4) is 0 Å². The Morgan fingerprint density at radius 2 is 1.78 bits per heavy atom. The molecule has 1 rings (SSSR count). The lowest BCUT2D eigenvalue weighted by Gasteiger charge is -2.33. The summed E-state index contributed by atoms with van der Waals surface area (Å²) in [5.41, 5.74) is 0.825. The molecule has 1 aromatic carbocycles. The average Bonchev–Trinajstić information content (AvgIpc) is 2.39. The fraction of sp³-hybridized carbons (Fsp3) is 0.562. The van der Waals surface area contributed by atoms with E-state index in [2.05, 4.69) is 32.6 Å². The number of carbonyl (C=O) groups excluding carboxylic acids is 1. The van der Waals surface area contributed by atoms with Crippen molar-refractivity contribution in [3.8, 4) is 0 Å². The van der Waals surface area contributed by atoms with E-state index in [9.17, 15) is 4.79 Å². The van der Waals surface area contributed by atoms with Crippen molar-refractivity contribution in [2.45, 2.75) is 52.6 Å². The quantitative estimate of drug-likeness (QED) is 0.684. The van der Waals surface area contributed by atoms with Crippen LogP contribution >= 0.6 is 0 Å². The highest BCUT2D eigenvalue weighted by molar-refractivity contribution is 6.00. The van der Waals surface area contributed by atoms with E-state index in [0.717, 1.165) is 24.9 Å². The molecule has 18 heavy (non-hydrogen) atoms. The molecule has 2 nitrogen and oxygen atoms in total.